The first-order chi connectivity index (χ1) is 5.97. The highest BCUT2D eigenvalue weighted by Crippen LogP contribution is 2.18. The van der Waals surface area contributed by atoms with Crippen molar-refractivity contribution in [1.29, 1.82) is 0 Å². The number of thiazole rings is 1. The number of aryl methyl sites for hydroxylation is 1. The van der Waals surface area contributed by atoms with Gasteiger partial charge < -0.3 is 5.73 Å². The molecule has 13 heavy (non-hydrogen) atoms. The summed E-state index contributed by atoms with van der Waals surface area (Å²) in [6.45, 7) is 6.12. The van der Waals surface area contributed by atoms with Crippen LogP contribution in [0.15, 0.2) is 5.38 Å². The van der Waals surface area contributed by atoms with Crippen LogP contribution < -0.4 is 5.73 Å². The molecule has 1 aromatic heterocycles. The number of rotatable bonds is 4. The average Bonchev–Trinajstić information content (AvgIpc) is 2.33. The van der Waals surface area contributed by atoms with E-state index < -0.39 is 0 Å². The average molecular weight is 216 g/mol. The van der Waals surface area contributed by atoms with Crippen molar-refractivity contribution < 1.29 is 0 Å². The normalized spacial score (nSPS) is 12.0. The molecule has 2 N–H and O–H groups in total. The lowest BCUT2D eigenvalue weighted by molar-refractivity contribution is 0.591. The summed E-state index contributed by atoms with van der Waals surface area (Å²) >= 11 is 3.58. The van der Waals surface area contributed by atoms with E-state index in [9.17, 15) is 0 Å². The van der Waals surface area contributed by atoms with Gasteiger partial charge in [0.2, 0.25) is 0 Å². The van der Waals surface area contributed by atoms with Gasteiger partial charge >= 0.3 is 0 Å². The van der Waals surface area contributed by atoms with Crippen LogP contribution in [-0.4, -0.2) is 16.3 Å². The zero-order valence-corrected chi connectivity index (χ0v) is 9.97. The largest absolute Gasteiger partial charge is 0.325 e. The molecule has 1 heterocycles. The smallest absolute Gasteiger partial charge is 0.103 e. The van der Waals surface area contributed by atoms with Crippen molar-refractivity contribution in [3.8, 4) is 0 Å². The van der Waals surface area contributed by atoms with E-state index >= 15 is 0 Å². The number of hydrogen-bond acceptors (Lipinski definition) is 4. The van der Waals surface area contributed by atoms with Gasteiger partial charge in [-0.3, -0.25) is 0 Å². The molecule has 0 aliphatic heterocycles. The third kappa shape index (κ3) is 4.64. The second-order valence-electron chi connectivity index (χ2n) is 3.86. The van der Waals surface area contributed by atoms with Crippen LogP contribution in [0.25, 0.3) is 0 Å². The molecule has 1 aromatic rings. The van der Waals surface area contributed by atoms with Crippen LogP contribution in [-0.2, 0) is 5.75 Å². The van der Waals surface area contributed by atoms with Crippen molar-refractivity contribution in [3.63, 3.8) is 0 Å². The Morgan fingerprint density at radius 1 is 1.62 bits per heavy atom. The van der Waals surface area contributed by atoms with Gasteiger partial charge in [0.25, 0.3) is 0 Å². The van der Waals surface area contributed by atoms with E-state index in [1.807, 2.05) is 32.5 Å². The van der Waals surface area contributed by atoms with Crippen molar-refractivity contribution in [2.45, 2.75) is 32.1 Å². The lowest BCUT2D eigenvalue weighted by atomic mass is 10.1. The van der Waals surface area contributed by atoms with Gasteiger partial charge in [0, 0.05) is 28.1 Å². The molecule has 0 saturated carbocycles. The van der Waals surface area contributed by atoms with Crippen LogP contribution in [0.4, 0.5) is 0 Å². The lowest BCUT2D eigenvalue weighted by Crippen LogP contribution is -2.34. The maximum absolute atomic E-state index is 5.87. The first-order valence-electron chi connectivity index (χ1n) is 4.25. The van der Waals surface area contributed by atoms with Crippen LogP contribution >= 0.6 is 23.1 Å². The minimum atomic E-state index is -0.0724. The Bertz CT molecular complexity index is 263. The molecule has 0 aromatic carbocycles. The van der Waals surface area contributed by atoms with E-state index in [4.69, 9.17) is 5.73 Å². The van der Waals surface area contributed by atoms with Crippen molar-refractivity contribution in [3.05, 3.63) is 16.1 Å². The van der Waals surface area contributed by atoms with Gasteiger partial charge in [-0.15, -0.1) is 11.3 Å². The summed E-state index contributed by atoms with van der Waals surface area (Å²) in [5.41, 5.74) is 6.91. The number of nitrogens with zero attached hydrogens (tertiary/aromatic N) is 1. The molecule has 2 nitrogen and oxygen atoms in total. The van der Waals surface area contributed by atoms with E-state index in [2.05, 4.69) is 10.4 Å². The van der Waals surface area contributed by atoms with E-state index in [1.165, 1.54) is 5.01 Å². The standard InChI is InChI=1S/C9H16N2S2/c1-7-4-13-8(11-7)5-12-6-9(2,3)10/h4H,5-6,10H2,1-3H3. The molecule has 74 valence electrons. The first kappa shape index (κ1) is 11.0. The molecular weight excluding hydrogens is 200 g/mol. The molecule has 4 heteroatoms. The minimum Gasteiger partial charge on any atom is -0.325 e. The number of thioether (sulfide) groups is 1. The van der Waals surface area contributed by atoms with Crippen LogP contribution in [0.1, 0.15) is 24.5 Å². The summed E-state index contributed by atoms with van der Waals surface area (Å²) in [5, 5.41) is 3.29. The van der Waals surface area contributed by atoms with Gasteiger partial charge in [0.15, 0.2) is 0 Å². The molecule has 0 radical (unpaired) electrons. The number of aromatic nitrogens is 1. The summed E-state index contributed by atoms with van der Waals surface area (Å²) in [5.74, 6) is 1.96. The van der Waals surface area contributed by atoms with Gasteiger partial charge in [-0.2, -0.15) is 11.8 Å². The maximum Gasteiger partial charge on any atom is 0.103 e. The summed E-state index contributed by atoms with van der Waals surface area (Å²) < 4.78 is 0. The number of hydrogen-bond donors (Lipinski definition) is 1. The third-order valence-electron chi connectivity index (χ3n) is 1.37. The fourth-order valence-electron chi connectivity index (χ4n) is 0.870. The Morgan fingerprint density at radius 2 is 2.31 bits per heavy atom. The predicted molar refractivity (Wildman–Crippen MR) is 61.3 cm³/mol. The Kier molecular flexibility index (Phi) is 3.76. The molecular formula is C9H16N2S2. The first-order valence-corrected chi connectivity index (χ1v) is 6.28. The zero-order valence-electron chi connectivity index (χ0n) is 8.33. The third-order valence-corrected chi connectivity index (χ3v) is 3.94. The van der Waals surface area contributed by atoms with Crippen LogP contribution in [0.2, 0.25) is 0 Å². The molecule has 0 unspecified atom stereocenters. The van der Waals surface area contributed by atoms with E-state index in [0.717, 1.165) is 17.2 Å². The molecule has 0 bridgehead atoms. The topological polar surface area (TPSA) is 38.9 Å². The van der Waals surface area contributed by atoms with Gasteiger partial charge in [-0.1, -0.05) is 0 Å². The summed E-state index contributed by atoms with van der Waals surface area (Å²) in [6.07, 6.45) is 0. The minimum absolute atomic E-state index is 0.0724. The molecule has 0 saturated heterocycles. The summed E-state index contributed by atoms with van der Waals surface area (Å²) in [6, 6.07) is 0. The predicted octanol–water partition coefficient (Wildman–Crippen LogP) is 2.42. The highest BCUT2D eigenvalue weighted by atomic mass is 32.2. The Morgan fingerprint density at radius 3 is 2.77 bits per heavy atom. The van der Waals surface area contributed by atoms with Crippen molar-refractivity contribution in [2.24, 2.45) is 5.73 Å². The van der Waals surface area contributed by atoms with Gasteiger partial charge in [0.1, 0.15) is 5.01 Å². The summed E-state index contributed by atoms with van der Waals surface area (Å²) in [7, 11) is 0. The Hall–Kier alpha value is -0.0600. The van der Waals surface area contributed by atoms with Crippen LogP contribution in [0.3, 0.4) is 0 Å². The Labute approximate surface area is 87.9 Å². The second-order valence-corrected chi connectivity index (χ2v) is 5.79. The zero-order chi connectivity index (χ0) is 9.90. The van der Waals surface area contributed by atoms with Gasteiger partial charge in [-0.25, -0.2) is 4.98 Å². The van der Waals surface area contributed by atoms with Crippen LogP contribution in [0.5, 0.6) is 0 Å². The maximum atomic E-state index is 5.87. The van der Waals surface area contributed by atoms with E-state index in [-0.39, 0.29) is 5.54 Å². The molecule has 0 amide bonds. The second kappa shape index (κ2) is 4.44. The highest BCUT2D eigenvalue weighted by Gasteiger charge is 2.10. The lowest BCUT2D eigenvalue weighted by Gasteiger charge is -2.16. The summed E-state index contributed by atoms with van der Waals surface area (Å²) in [4.78, 5) is 4.39. The van der Waals surface area contributed by atoms with Crippen LogP contribution in [0, 0.1) is 6.92 Å². The molecule has 1 rings (SSSR count). The van der Waals surface area contributed by atoms with Gasteiger partial charge in [-0.05, 0) is 20.8 Å². The van der Waals surface area contributed by atoms with Gasteiger partial charge in [0.05, 0.1) is 0 Å². The van der Waals surface area contributed by atoms with E-state index in [0.29, 0.717) is 0 Å². The van der Waals surface area contributed by atoms with E-state index in [1.54, 1.807) is 11.3 Å². The monoisotopic (exact) mass is 216 g/mol. The van der Waals surface area contributed by atoms with Crippen molar-refractivity contribution in [1.82, 2.24) is 4.98 Å². The number of nitrogens with two attached hydrogens (primary N) is 1. The fraction of sp³-hybridized carbons (Fsp3) is 0.667. The quantitative estimate of drug-likeness (QED) is 0.840. The van der Waals surface area contributed by atoms with Crippen molar-refractivity contribution >= 4 is 23.1 Å². The molecule has 0 spiro atoms. The van der Waals surface area contributed by atoms with Crippen molar-refractivity contribution in [2.75, 3.05) is 5.75 Å². The molecule has 0 aliphatic carbocycles. The highest BCUT2D eigenvalue weighted by molar-refractivity contribution is 7.98. The molecule has 0 atom stereocenters. The Balaban J connectivity index is 2.28. The fourth-order valence-corrected chi connectivity index (χ4v) is 2.82. The molecule has 0 aliphatic rings. The molecule has 0 fully saturated rings. The SMILES string of the molecule is Cc1csc(CSCC(C)(C)N)n1.